The van der Waals surface area contributed by atoms with Gasteiger partial charge in [-0.15, -0.1) is 0 Å². The molecule has 1 aliphatic heterocycles. The Balaban J connectivity index is 1.71. The maximum Gasteiger partial charge on any atom is 0.248 e. The molecule has 2 fully saturated rings. The number of carbonyl (C=O) groups excluding carboxylic acids is 1. The van der Waals surface area contributed by atoms with Crippen LogP contribution in [0.15, 0.2) is 0 Å². The minimum absolute atomic E-state index is 0.0181. The van der Waals surface area contributed by atoms with Gasteiger partial charge < -0.3 is 19.5 Å². The zero-order valence-electron chi connectivity index (χ0n) is 11.9. The maximum absolute atomic E-state index is 11.7. The van der Waals surface area contributed by atoms with Crippen molar-refractivity contribution < 1.29 is 19.0 Å². The lowest BCUT2D eigenvalue weighted by atomic mass is 9.91. The molecule has 0 bridgehead atoms. The minimum atomic E-state index is -0.379. The van der Waals surface area contributed by atoms with Gasteiger partial charge in [0.25, 0.3) is 0 Å². The normalized spacial score (nSPS) is 24.5. The number of nitrogens with one attached hydrogen (secondary N) is 1. The highest BCUT2D eigenvalue weighted by atomic mass is 16.7. The molecule has 5 nitrogen and oxygen atoms in total. The zero-order valence-corrected chi connectivity index (χ0v) is 11.9. The van der Waals surface area contributed by atoms with Crippen LogP contribution in [-0.4, -0.2) is 43.7 Å². The number of amides is 1. The summed E-state index contributed by atoms with van der Waals surface area (Å²) in [4.78, 5) is 11.7. The third kappa shape index (κ3) is 3.91. The predicted octanol–water partition coefficient (Wildman–Crippen LogP) is 1.60. The topological polar surface area (TPSA) is 56.8 Å². The summed E-state index contributed by atoms with van der Waals surface area (Å²) < 4.78 is 17.2. The number of carbonyl (C=O) groups is 1. The molecule has 2 aliphatic rings. The van der Waals surface area contributed by atoms with Crippen molar-refractivity contribution >= 4 is 5.91 Å². The predicted molar refractivity (Wildman–Crippen MR) is 70.7 cm³/mol. The minimum Gasteiger partial charge on any atom is -0.365 e. The lowest BCUT2D eigenvalue weighted by Gasteiger charge is -2.36. The van der Waals surface area contributed by atoms with Crippen LogP contribution in [0.1, 0.15) is 46.0 Å². The Bertz CT molecular complexity index is 292. The van der Waals surface area contributed by atoms with Crippen LogP contribution in [-0.2, 0) is 19.0 Å². The van der Waals surface area contributed by atoms with E-state index in [1.165, 1.54) is 0 Å². The van der Waals surface area contributed by atoms with E-state index in [2.05, 4.69) is 5.32 Å². The van der Waals surface area contributed by atoms with Crippen molar-refractivity contribution in [2.75, 3.05) is 19.8 Å². The van der Waals surface area contributed by atoms with Gasteiger partial charge in [0.15, 0.2) is 5.79 Å². The van der Waals surface area contributed by atoms with E-state index in [0.29, 0.717) is 19.8 Å². The second kappa shape index (κ2) is 6.68. The molecule has 0 radical (unpaired) electrons. The Hall–Kier alpha value is -0.650. The summed E-state index contributed by atoms with van der Waals surface area (Å²) in [6.07, 6.45) is 4.22. The molecule has 1 heterocycles. The Morgan fingerprint density at radius 1 is 1.37 bits per heavy atom. The van der Waals surface area contributed by atoms with E-state index in [1.807, 2.05) is 13.8 Å². The van der Waals surface area contributed by atoms with Gasteiger partial charge in [-0.25, -0.2) is 0 Å². The molecule has 1 N–H and O–H groups in total. The number of hydrogen-bond acceptors (Lipinski definition) is 4. The summed E-state index contributed by atoms with van der Waals surface area (Å²) in [5.41, 5.74) is 0. The van der Waals surface area contributed by atoms with E-state index in [-0.39, 0.29) is 23.9 Å². The lowest BCUT2D eigenvalue weighted by Crippen LogP contribution is -2.41. The summed E-state index contributed by atoms with van der Waals surface area (Å²) in [5.74, 6) is -0.372. The van der Waals surface area contributed by atoms with E-state index in [1.54, 1.807) is 0 Å². The lowest BCUT2D eigenvalue weighted by molar-refractivity contribution is -0.195. The monoisotopic (exact) mass is 271 g/mol. The molecule has 0 aromatic carbocycles. The van der Waals surface area contributed by atoms with Crippen molar-refractivity contribution in [2.45, 2.75) is 63.9 Å². The number of hydrogen-bond donors (Lipinski definition) is 1. The Labute approximate surface area is 115 Å². The number of ether oxygens (including phenoxy) is 3. The molecule has 19 heavy (non-hydrogen) atoms. The molecule has 5 heteroatoms. The van der Waals surface area contributed by atoms with Crippen LogP contribution in [0.3, 0.4) is 0 Å². The Kier molecular flexibility index (Phi) is 5.19. The van der Waals surface area contributed by atoms with Crippen LogP contribution >= 0.6 is 0 Å². The molecule has 1 saturated carbocycles. The molecule has 0 aromatic heterocycles. The highest BCUT2D eigenvalue weighted by molar-refractivity contribution is 5.80. The summed E-state index contributed by atoms with van der Waals surface area (Å²) in [6.45, 7) is 5.95. The fourth-order valence-corrected chi connectivity index (χ4v) is 2.70. The van der Waals surface area contributed by atoms with Crippen molar-refractivity contribution in [3.63, 3.8) is 0 Å². The summed E-state index contributed by atoms with van der Waals surface area (Å²) in [7, 11) is 0. The van der Waals surface area contributed by atoms with Gasteiger partial charge in [-0.2, -0.15) is 0 Å². The molecule has 1 saturated heterocycles. The Morgan fingerprint density at radius 2 is 2.00 bits per heavy atom. The SMILES string of the molecule is CCCNC(=O)C(C)OC1CCC2(CC1)OCCO2. The number of rotatable bonds is 5. The zero-order chi connectivity index (χ0) is 13.7. The first-order valence-corrected chi connectivity index (χ1v) is 7.36. The van der Waals surface area contributed by atoms with Gasteiger partial charge in [-0.3, -0.25) is 4.79 Å². The quantitative estimate of drug-likeness (QED) is 0.825. The fourth-order valence-electron chi connectivity index (χ4n) is 2.70. The maximum atomic E-state index is 11.7. The molecule has 110 valence electrons. The second-order valence-electron chi connectivity index (χ2n) is 5.38. The van der Waals surface area contributed by atoms with Crippen molar-refractivity contribution in [3.8, 4) is 0 Å². The van der Waals surface area contributed by atoms with E-state index in [9.17, 15) is 4.79 Å². The van der Waals surface area contributed by atoms with Gasteiger partial charge in [0, 0.05) is 19.4 Å². The van der Waals surface area contributed by atoms with Gasteiger partial charge in [-0.05, 0) is 26.2 Å². The molecule has 0 aromatic rings. The highest BCUT2D eigenvalue weighted by Gasteiger charge is 2.41. The first-order valence-electron chi connectivity index (χ1n) is 7.36. The van der Waals surface area contributed by atoms with E-state index in [4.69, 9.17) is 14.2 Å². The molecule has 1 atom stereocenters. The van der Waals surface area contributed by atoms with Crippen LogP contribution in [0, 0.1) is 0 Å². The third-order valence-electron chi connectivity index (χ3n) is 3.82. The van der Waals surface area contributed by atoms with E-state index in [0.717, 1.165) is 32.1 Å². The third-order valence-corrected chi connectivity index (χ3v) is 3.82. The molecule has 2 rings (SSSR count). The summed E-state index contributed by atoms with van der Waals surface area (Å²) >= 11 is 0. The standard InChI is InChI=1S/C14H25NO4/c1-3-8-15-13(16)11(2)19-12-4-6-14(7-5-12)17-9-10-18-14/h11-12H,3-10H2,1-2H3,(H,15,16). The van der Waals surface area contributed by atoms with Crippen LogP contribution in [0.2, 0.25) is 0 Å². The van der Waals surface area contributed by atoms with Gasteiger partial charge in [0.2, 0.25) is 5.91 Å². The second-order valence-corrected chi connectivity index (χ2v) is 5.38. The van der Waals surface area contributed by atoms with Crippen LogP contribution in [0.5, 0.6) is 0 Å². The summed E-state index contributed by atoms with van der Waals surface area (Å²) in [5, 5.41) is 2.86. The Morgan fingerprint density at radius 3 is 2.58 bits per heavy atom. The van der Waals surface area contributed by atoms with Crippen molar-refractivity contribution in [1.82, 2.24) is 5.32 Å². The van der Waals surface area contributed by atoms with Gasteiger partial charge >= 0.3 is 0 Å². The van der Waals surface area contributed by atoms with E-state index >= 15 is 0 Å². The molecule has 1 aliphatic carbocycles. The first kappa shape index (κ1) is 14.8. The van der Waals surface area contributed by atoms with Gasteiger partial charge in [0.1, 0.15) is 6.10 Å². The van der Waals surface area contributed by atoms with Crippen LogP contribution in [0.4, 0.5) is 0 Å². The average Bonchev–Trinajstić information content (AvgIpc) is 2.87. The van der Waals surface area contributed by atoms with Crippen molar-refractivity contribution in [3.05, 3.63) is 0 Å². The van der Waals surface area contributed by atoms with Crippen LogP contribution in [0.25, 0.3) is 0 Å². The first-order chi connectivity index (χ1) is 9.15. The largest absolute Gasteiger partial charge is 0.365 e. The summed E-state index contributed by atoms with van der Waals surface area (Å²) in [6, 6.07) is 0. The van der Waals surface area contributed by atoms with Gasteiger partial charge in [-0.1, -0.05) is 6.92 Å². The van der Waals surface area contributed by atoms with Crippen molar-refractivity contribution in [1.29, 1.82) is 0 Å². The molecule has 1 unspecified atom stereocenters. The molecular formula is C14H25NO4. The average molecular weight is 271 g/mol. The van der Waals surface area contributed by atoms with E-state index < -0.39 is 0 Å². The molecule has 1 amide bonds. The molecular weight excluding hydrogens is 246 g/mol. The van der Waals surface area contributed by atoms with Gasteiger partial charge in [0.05, 0.1) is 19.3 Å². The highest BCUT2D eigenvalue weighted by Crippen LogP contribution is 2.36. The molecule has 1 spiro atoms. The van der Waals surface area contributed by atoms with Crippen LogP contribution < -0.4 is 5.32 Å². The fraction of sp³-hybridized carbons (Fsp3) is 0.929. The smallest absolute Gasteiger partial charge is 0.248 e. The van der Waals surface area contributed by atoms with Crippen molar-refractivity contribution in [2.24, 2.45) is 0 Å².